The van der Waals surface area contributed by atoms with E-state index >= 15 is 0 Å². The molecule has 7 nitrogen and oxygen atoms in total. The number of carbonyl (C=O) groups excluding carboxylic acids is 4. The van der Waals surface area contributed by atoms with E-state index in [9.17, 15) is 19.2 Å². The third kappa shape index (κ3) is 1.44. The fourth-order valence-corrected chi connectivity index (χ4v) is 6.36. The molecule has 0 unspecified atom stereocenters. The number of hydrogen-bond acceptors (Lipinski definition) is 5. The van der Waals surface area contributed by atoms with Crippen LogP contribution in [0.15, 0.2) is 30.9 Å². The Balaban J connectivity index is 2.06. The maximum atomic E-state index is 14.1. The molecule has 1 spiro atoms. The van der Waals surface area contributed by atoms with Gasteiger partial charge in [-0.25, -0.2) is 0 Å². The van der Waals surface area contributed by atoms with Crippen molar-refractivity contribution in [3.05, 3.63) is 42.0 Å². The molecule has 0 aromatic heterocycles. The van der Waals surface area contributed by atoms with E-state index in [2.05, 4.69) is 11.9 Å². The zero-order valence-electron chi connectivity index (χ0n) is 16.7. The molecule has 0 radical (unpaired) electrons. The van der Waals surface area contributed by atoms with Crippen LogP contribution in [0.4, 0.5) is 5.69 Å². The monoisotopic (exact) mass is 394 g/mol. The minimum atomic E-state index is -1.66. The Morgan fingerprint density at radius 1 is 1.17 bits per heavy atom. The molecule has 1 N–H and O–H groups in total. The van der Waals surface area contributed by atoms with Crippen LogP contribution in [0.2, 0.25) is 0 Å². The fraction of sp³-hybridized carbons (Fsp3) is 0.455. The van der Waals surface area contributed by atoms with E-state index in [-0.39, 0.29) is 17.5 Å². The van der Waals surface area contributed by atoms with Gasteiger partial charge in [-0.1, -0.05) is 32.1 Å². The average molecular weight is 394 g/mol. The minimum absolute atomic E-state index is 0.304. The summed E-state index contributed by atoms with van der Waals surface area (Å²) in [5, 5.41) is 2.72. The zero-order chi connectivity index (χ0) is 21.1. The molecule has 1 saturated carbocycles. The molecule has 150 valence electrons. The predicted molar refractivity (Wildman–Crippen MR) is 103 cm³/mol. The number of carbonyl (C=O) groups is 4. The molecule has 2 amide bonds. The van der Waals surface area contributed by atoms with Gasteiger partial charge in [0.15, 0.2) is 17.2 Å². The summed E-state index contributed by atoms with van der Waals surface area (Å²) < 4.78 is 6.34. The lowest BCUT2D eigenvalue weighted by Crippen LogP contribution is -2.70. The first-order chi connectivity index (χ1) is 13.6. The minimum Gasteiger partial charge on any atom is -0.348 e. The van der Waals surface area contributed by atoms with Crippen LogP contribution in [0.25, 0.3) is 0 Å². The third-order valence-corrected chi connectivity index (χ3v) is 7.94. The van der Waals surface area contributed by atoms with Crippen LogP contribution in [-0.4, -0.2) is 37.0 Å². The van der Waals surface area contributed by atoms with Crippen molar-refractivity contribution in [2.75, 3.05) is 11.9 Å². The van der Waals surface area contributed by atoms with Gasteiger partial charge in [0.05, 0.1) is 17.0 Å². The molecular formula is C22H22N2O5. The predicted octanol–water partition coefficient (Wildman–Crippen LogP) is 1.20. The maximum Gasteiger partial charge on any atom is 0.264 e. The zero-order valence-corrected chi connectivity index (χ0v) is 16.7. The van der Waals surface area contributed by atoms with Crippen LogP contribution in [0.1, 0.15) is 31.9 Å². The van der Waals surface area contributed by atoms with Gasteiger partial charge in [0, 0.05) is 18.0 Å². The van der Waals surface area contributed by atoms with Gasteiger partial charge in [-0.3, -0.25) is 19.2 Å². The molecule has 1 saturated heterocycles. The van der Waals surface area contributed by atoms with Gasteiger partial charge in [-0.15, -0.1) is 6.58 Å². The second-order valence-electron chi connectivity index (χ2n) is 9.13. The Morgan fingerprint density at radius 3 is 2.48 bits per heavy atom. The van der Waals surface area contributed by atoms with Crippen molar-refractivity contribution in [1.82, 2.24) is 5.32 Å². The van der Waals surface area contributed by atoms with Gasteiger partial charge >= 0.3 is 0 Å². The summed E-state index contributed by atoms with van der Waals surface area (Å²) in [6, 6.07) is 5.23. The number of Topliss-reactive ketones (excluding diaryl/α,β-unsaturated/α-hetero) is 2. The standard InChI is InChI=1S/C22H22N2O5/c1-6-20(4)17(27)15-14-16(26)21(20,23-10-25)11-8-7-9-12-13(11)22(29-15,19(14,2)3)18(28)24(12)5/h6-10,14-15H,1H2,2-5H3,(H,23,25)/t14-,15-,20-,21+,22+/m1/s1. The number of likely N-dealkylation sites (N-methyl/N-ethyl adjacent to an activating group) is 1. The number of fused-ring (bicyclic) bond motifs is 2. The lowest BCUT2D eigenvalue weighted by atomic mass is 9.52. The number of nitrogens with one attached hydrogen (secondary N) is 1. The Labute approximate surface area is 168 Å². The first-order valence-electron chi connectivity index (χ1n) is 9.61. The lowest BCUT2D eigenvalue weighted by Gasteiger charge is -2.52. The smallest absolute Gasteiger partial charge is 0.264 e. The molecule has 2 heterocycles. The van der Waals surface area contributed by atoms with E-state index in [1.165, 1.54) is 11.0 Å². The maximum absolute atomic E-state index is 14.1. The molecule has 3 bridgehead atoms. The SMILES string of the molecule is C=C[C@]1(C)C(=O)[C@@H]2O[C@]34C(=O)N(C)c5cccc(c53)[C@]1(NC=O)C(=O)[C@@H]2C4(C)C. The van der Waals surface area contributed by atoms with Gasteiger partial charge in [-0.05, 0) is 18.6 Å². The Morgan fingerprint density at radius 2 is 1.86 bits per heavy atom. The normalized spacial score (nSPS) is 40.7. The van der Waals surface area contributed by atoms with Crippen LogP contribution in [-0.2, 0) is 35.1 Å². The fourth-order valence-electron chi connectivity index (χ4n) is 6.36. The molecule has 1 aromatic rings. The largest absolute Gasteiger partial charge is 0.348 e. The number of hydrogen-bond donors (Lipinski definition) is 1. The highest BCUT2D eigenvalue weighted by Crippen LogP contribution is 2.70. The topological polar surface area (TPSA) is 92.8 Å². The van der Waals surface area contributed by atoms with E-state index in [0.29, 0.717) is 23.2 Å². The van der Waals surface area contributed by atoms with Crippen molar-refractivity contribution in [3.63, 3.8) is 0 Å². The van der Waals surface area contributed by atoms with Crippen molar-refractivity contribution in [2.45, 2.75) is 38.0 Å². The summed E-state index contributed by atoms with van der Waals surface area (Å²) in [5.41, 5.74) is -3.95. The van der Waals surface area contributed by atoms with Crippen molar-refractivity contribution in [1.29, 1.82) is 0 Å². The van der Waals surface area contributed by atoms with Crippen molar-refractivity contribution >= 4 is 29.6 Å². The van der Waals surface area contributed by atoms with Gasteiger partial charge < -0.3 is 15.0 Å². The number of benzene rings is 1. The molecular weight excluding hydrogens is 372 g/mol. The quantitative estimate of drug-likeness (QED) is 0.614. The first-order valence-corrected chi connectivity index (χ1v) is 9.61. The number of amides is 2. The van der Waals surface area contributed by atoms with Crippen molar-refractivity contribution in [2.24, 2.45) is 16.7 Å². The molecule has 5 rings (SSSR count). The molecule has 2 fully saturated rings. The van der Waals surface area contributed by atoms with Crippen LogP contribution >= 0.6 is 0 Å². The molecule has 4 aliphatic rings. The Bertz CT molecular complexity index is 1060. The third-order valence-electron chi connectivity index (χ3n) is 7.94. The summed E-state index contributed by atoms with van der Waals surface area (Å²) in [7, 11) is 1.66. The summed E-state index contributed by atoms with van der Waals surface area (Å²) >= 11 is 0. The van der Waals surface area contributed by atoms with Crippen LogP contribution < -0.4 is 10.2 Å². The number of rotatable bonds is 3. The van der Waals surface area contributed by atoms with Crippen molar-refractivity contribution in [3.8, 4) is 0 Å². The van der Waals surface area contributed by atoms with E-state index < -0.39 is 34.0 Å². The number of anilines is 1. The van der Waals surface area contributed by atoms with Crippen LogP contribution in [0.5, 0.6) is 0 Å². The van der Waals surface area contributed by atoms with E-state index in [4.69, 9.17) is 4.74 Å². The van der Waals surface area contributed by atoms with Crippen LogP contribution in [0.3, 0.4) is 0 Å². The molecule has 29 heavy (non-hydrogen) atoms. The van der Waals surface area contributed by atoms with E-state index in [0.717, 1.165) is 0 Å². The second kappa shape index (κ2) is 4.84. The van der Waals surface area contributed by atoms with Crippen molar-refractivity contribution < 1.29 is 23.9 Å². The Hall–Kier alpha value is -2.80. The lowest BCUT2D eigenvalue weighted by molar-refractivity contribution is -0.169. The summed E-state index contributed by atoms with van der Waals surface area (Å²) in [5.74, 6) is -1.86. The van der Waals surface area contributed by atoms with E-state index in [1.807, 2.05) is 0 Å². The molecule has 1 aromatic carbocycles. The summed E-state index contributed by atoms with van der Waals surface area (Å²) in [6.07, 6.45) is 0.785. The second-order valence-corrected chi connectivity index (χ2v) is 9.13. The highest BCUT2D eigenvalue weighted by Gasteiger charge is 2.82. The van der Waals surface area contributed by atoms with Crippen LogP contribution in [0, 0.1) is 16.7 Å². The number of nitrogens with zero attached hydrogens (tertiary/aromatic N) is 1. The number of ketones is 2. The molecule has 7 heteroatoms. The van der Waals surface area contributed by atoms with Gasteiger partial charge in [0.2, 0.25) is 6.41 Å². The molecule has 2 aliphatic heterocycles. The van der Waals surface area contributed by atoms with Gasteiger partial charge in [0.25, 0.3) is 5.91 Å². The Kier molecular flexibility index (Phi) is 3.05. The highest BCUT2D eigenvalue weighted by molar-refractivity contribution is 6.17. The number of ether oxygens (including phenoxy) is 1. The first kappa shape index (κ1) is 18.2. The highest BCUT2D eigenvalue weighted by atomic mass is 16.5. The molecule has 5 atom stereocenters. The average Bonchev–Trinajstić information content (AvgIpc) is 3.05. The van der Waals surface area contributed by atoms with Gasteiger partial charge in [-0.2, -0.15) is 0 Å². The van der Waals surface area contributed by atoms with Gasteiger partial charge in [0.1, 0.15) is 11.6 Å². The van der Waals surface area contributed by atoms with E-state index in [1.54, 1.807) is 46.0 Å². The molecule has 2 aliphatic carbocycles. The summed E-state index contributed by atoms with van der Waals surface area (Å²) in [4.78, 5) is 54.7. The summed E-state index contributed by atoms with van der Waals surface area (Å²) in [6.45, 7) is 9.04.